The maximum atomic E-state index is 11.1. The number of pyridine rings is 1. The number of aromatic nitrogens is 1. The predicted molar refractivity (Wildman–Crippen MR) is 84.2 cm³/mol. The summed E-state index contributed by atoms with van der Waals surface area (Å²) in [6.07, 6.45) is 0. The summed E-state index contributed by atoms with van der Waals surface area (Å²) in [7, 11) is 0. The lowest BCUT2D eigenvalue weighted by molar-refractivity contribution is 0.0697. The first kappa shape index (κ1) is 13.9. The molecule has 2 aromatic carbocycles. The van der Waals surface area contributed by atoms with Gasteiger partial charge in [0.1, 0.15) is 10.3 Å². The van der Waals surface area contributed by atoms with Gasteiger partial charge in [-0.05, 0) is 40.6 Å². The van der Waals surface area contributed by atoms with Crippen LogP contribution >= 0.6 is 23.2 Å². The zero-order valence-corrected chi connectivity index (χ0v) is 12.2. The number of benzene rings is 2. The second-order valence-electron chi connectivity index (χ2n) is 4.52. The monoisotopic (exact) mass is 317 g/mol. The normalized spacial score (nSPS) is 10.8. The number of carbonyl (C=O) groups is 1. The molecule has 0 aliphatic carbocycles. The van der Waals surface area contributed by atoms with Crippen LogP contribution in [0.15, 0.2) is 48.5 Å². The first-order chi connectivity index (χ1) is 10.1. The van der Waals surface area contributed by atoms with Crippen molar-refractivity contribution in [2.45, 2.75) is 0 Å². The number of fused-ring (bicyclic) bond motifs is 1. The Kier molecular flexibility index (Phi) is 3.53. The molecule has 1 aromatic heterocycles. The van der Waals surface area contributed by atoms with E-state index in [1.54, 1.807) is 30.3 Å². The van der Waals surface area contributed by atoms with Crippen molar-refractivity contribution >= 4 is 39.9 Å². The minimum Gasteiger partial charge on any atom is -0.478 e. The van der Waals surface area contributed by atoms with Crippen LogP contribution in [0.25, 0.3) is 21.9 Å². The quantitative estimate of drug-likeness (QED) is 0.683. The zero-order valence-electron chi connectivity index (χ0n) is 10.7. The molecule has 0 saturated carbocycles. The van der Waals surface area contributed by atoms with E-state index in [9.17, 15) is 4.79 Å². The van der Waals surface area contributed by atoms with E-state index in [0.29, 0.717) is 10.7 Å². The molecular weight excluding hydrogens is 309 g/mol. The van der Waals surface area contributed by atoms with Gasteiger partial charge in [0.2, 0.25) is 0 Å². The number of aromatic carboxylic acids is 1. The third-order valence-electron chi connectivity index (χ3n) is 3.23. The maximum Gasteiger partial charge on any atom is 0.335 e. The molecule has 0 amide bonds. The first-order valence-electron chi connectivity index (χ1n) is 6.15. The Morgan fingerprint density at radius 1 is 1.00 bits per heavy atom. The molecule has 0 spiro atoms. The summed E-state index contributed by atoms with van der Waals surface area (Å²) in [5.74, 6) is -0.966. The average Bonchev–Trinajstić information content (AvgIpc) is 2.46. The average molecular weight is 318 g/mol. The van der Waals surface area contributed by atoms with E-state index >= 15 is 0 Å². The first-order valence-corrected chi connectivity index (χ1v) is 6.90. The van der Waals surface area contributed by atoms with Gasteiger partial charge in [0.05, 0.1) is 5.56 Å². The SMILES string of the molecule is O=C(O)c1ccc2cccc(-c3ccc(Cl)nc3Cl)c2c1. The molecule has 3 rings (SSSR count). The number of halogens is 2. The molecule has 0 aliphatic heterocycles. The summed E-state index contributed by atoms with van der Waals surface area (Å²) in [6, 6.07) is 14.1. The third-order valence-corrected chi connectivity index (χ3v) is 3.73. The van der Waals surface area contributed by atoms with Crippen LogP contribution in [-0.4, -0.2) is 16.1 Å². The van der Waals surface area contributed by atoms with Crippen LogP contribution in [0.3, 0.4) is 0 Å². The van der Waals surface area contributed by atoms with Crippen LogP contribution in [-0.2, 0) is 0 Å². The number of rotatable bonds is 2. The van der Waals surface area contributed by atoms with Gasteiger partial charge in [0, 0.05) is 5.56 Å². The van der Waals surface area contributed by atoms with E-state index in [4.69, 9.17) is 28.3 Å². The van der Waals surface area contributed by atoms with Crippen LogP contribution in [0.1, 0.15) is 10.4 Å². The topological polar surface area (TPSA) is 50.2 Å². The molecule has 1 N–H and O–H groups in total. The number of carboxylic acid groups (broad SMARTS) is 1. The van der Waals surface area contributed by atoms with Crippen molar-refractivity contribution in [1.82, 2.24) is 4.98 Å². The number of hydrogen-bond acceptors (Lipinski definition) is 2. The molecule has 5 heteroatoms. The summed E-state index contributed by atoms with van der Waals surface area (Å²) in [5, 5.41) is 11.5. The van der Waals surface area contributed by atoms with E-state index in [0.717, 1.165) is 16.3 Å². The van der Waals surface area contributed by atoms with E-state index < -0.39 is 5.97 Å². The molecule has 21 heavy (non-hydrogen) atoms. The summed E-state index contributed by atoms with van der Waals surface area (Å²) in [6.45, 7) is 0. The van der Waals surface area contributed by atoms with Gasteiger partial charge < -0.3 is 5.11 Å². The summed E-state index contributed by atoms with van der Waals surface area (Å²) in [5.41, 5.74) is 1.77. The standard InChI is InChI=1S/C16H9Cl2NO2/c17-14-7-6-12(15(18)19-14)11-3-1-2-9-4-5-10(16(20)21)8-13(9)11/h1-8H,(H,20,21). The highest BCUT2D eigenvalue weighted by molar-refractivity contribution is 6.34. The molecule has 0 atom stereocenters. The van der Waals surface area contributed by atoms with E-state index in [2.05, 4.69) is 4.98 Å². The van der Waals surface area contributed by atoms with Gasteiger partial charge >= 0.3 is 5.97 Å². The van der Waals surface area contributed by atoms with Crippen molar-refractivity contribution in [2.75, 3.05) is 0 Å². The van der Waals surface area contributed by atoms with Crippen LogP contribution < -0.4 is 0 Å². The Balaban J connectivity index is 2.31. The van der Waals surface area contributed by atoms with Crippen molar-refractivity contribution in [2.24, 2.45) is 0 Å². The van der Waals surface area contributed by atoms with Crippen molar-refractivity contribution in [3.63, 3.8) is 0 Å². The Bertz CT molecular complexity index is 862. The molecule has 0 aliphatic rings. The molecule has 3 aromatic rings. The second-order valence-corrected chi connectivity index (χ2v) is 5.26. The highest BCUT2D eigenvalue weighted by atomic mass is 35.5. The molecule has 0 saturated heterocycles. The fourth-order valence-corrected chi connectivity index (χ4v) is 2.70. The van der Waals surface area contributed by atoms with Gasteiger partial charge in [-0.15, -0.1) is 0 Å². The van der Waals surface area contributed by atoms with Crippen LogP contribution in [0.5, 0.6) is 0 Å². The van der Waals surface area contributed by atoms with Crippen molar-refractivity contribution in [3.8, 4) is 11.1 Å². The highest BCUT2D eigenvalue weighted by Gasteiger charge is 2.11. The smallest absolute Gasteiger partial charge is 0.335 e. The number of carboxylic acids is 1. The molecule has 0 fully saturated rings. The lowest BCUT2D eigenvalue weighted by Crippen LogP contribution is -1.96. The van der Waals surface area contributed by atoms with Crippen LogP contribution in [0.2, 0.25) is 10.3 Å². The van der Waals surface area contributed by atoms with Gasteiger partial charge in [-0.1, -0.05) is 47.5 Å². The molecule has 1 heterocycles. The Morgan fingerprint density at radius 3 is 2.52 bits per heavy atom. The Labute approximate surface area is 130 Å². The maximum absolute atomic E-state index is 11.1. The fourth-order valence-electron chi connectivity index (χ4n) is 2.25. The summed E-state index contributed by atoms with van der Waals surface area (Å²) < 4.78 is 0. The highest BCUT2D eigenvalue weighted by Crippen LogP contribution is 2.33. The molecule has 0 unspecified atom stereocenters. The third kappa shape index (κ3) is 2.58. The van der Waals surface area contributed by atoms with E-state index in [1.165, 1.54) is 0 Å². The van der Waals surface area contributed by atoms with Crippen molar-refractivity contribution in [3.05, 3.63) is 64.4 Å². The van der Waals surface area contributed by atoms with Gasteiger partial charge in [-0.2, -0.15) is 0 Å². The molecule has 0 bridgehead atoms. The van der Waals surface area contributed by atoms with Gasteiger partial charge in [0.15, 0.2) is 0 Å². The Hall–Kier alpha value is -2.10. The minimum absolute atomic E-state index is 0.230. The fraction of sp³-hybridized carbons (Fsp3) is 0. The molecule has 3 nitrogen and oxygen atoms in total. The number of hydrogen-bond donors (Lipinski definition) is 1. The Morgan fingerprint density at radius 2 is 1.81 bits per heavy atom. The summed E-state index contributed by atoms with van der Waals surface area (Å²) >= 11 is 12.0. The molecule has 0 radical (unpaired) electrons. The molecule has 104 valence electrons. The second kappa shape index (κ2) is 5.35. The van der Waals surface area contributed by atoms with Crippen molar-refractivity contribution in [1.29, 1.82) is 0 Å². The van der Waals surface area contributed by atoms with Gasteiger partial charge in [-0.3, -0.25) is 0 Å². The van der Waals surface area contributed by atoms with Gasteiger partial charge in [-0.25, -0.2) is 9.78 Å². The number of nitrogens with zero attached hydrogens (tertiary/aromatic N) is 1. The lowest BCUT2D eigenvalue weighted by atomic mass is 9.98. The van der Waals surface area contributed by atoms with Crippen LogP contribution in [0.4, 0.5) is 0 Å². The molecular formula is C16H9Cl2NO2. The van der Waals surface area contributed by atoms with E-state index in [1.807, 2.05) is 18.2 Å². The van der Waals surface area contributed by atoms with Gasteiger partial charge in [0.25, 0.3) is 0 Å². The minimum atomic E-state index is -0.966. The van der Waals surface area contributed by atoms with E-state index in [-0.39, 0.29) is 10.7 Å². The predicted octanol–water partition coefficient (Wildman–Crippen LogP) is 4.91. The van der Waals surface area contributed by atoms with Crippen molar-refractivity contribution < 1.29 is 9.90 Å². The lowest BCUT2D eigenvalue weighted by Gasteiger charge is -2.09. The summed E-state index contributed by atoms with van der Waals surface area (Å²) in [4.78, 5) is 15.2. The zero-order chi connectivity index (χ0) is 15.0. The van der Waals surface area contributed by atoms with Crippen LogP contribution in [0, 0.1) is 0 Å². The largest absolute Gasteiger partial charge is 0.478 e.